The summed E-state index contributed by atoms with van der Waals surface area (Å²) in [5.74, 6) is 1.88. The molecule has 1 unspecified atom stereocenters. The number of aromatic nitrogens is 4. The molecule has 0 aliphatic carbocycles. The van der Waals surface area contributed by atoms with Gasteiger partial charge in [0.05, 0.1) is 0 Å². The number of imidazole rings is 1. The first-order valence-electron chi connectivity index (χ1n) is 8.89. The first-order valence-corrected chi connectivity index (χ1v) is 8.89. The average Bonchev–Trinajstić information content (AvgIpc) is 3.24. The van der Waals surface area contributed by atoms with Crippen molar-refractivity contribution in [3.8, 4) is 0 Å². The van der Waals surface area contributed by atoms with E-state index in [4.69, 9.17) is 4.98 Å². The number of rotatable bonds is 6. The van der Waals surface area contributed by atoms with Crippen LogP contribution >= 0.6 is 0 Å². The van der Waals surface area contributed by atoms with E-state index < -0.39 is 0 Å². The third-order valence-corrected chi connectivity index (χ3v) is 5.13. The average molecular weight is 315 g/mol. The molecule has 5 heteroatoms. The fourth-order valence-corrected chi connectivity index (χ4v) is 3.58. The maximum Gasteiger partial charge on any atom is 0.112 e. The van der Waals surface area contributed by atoms with Crippen molar-refractivity contribution in [3.05, 3.63) is 36.7 Å². The zero-order valence-corrected chi connectivity index (χ0v) is 14.6. The van der Waals surface area contributed by atoms with Crippen LogP contribution in [0.15, 0.2) is 30.9 Å². The molecule has 126 valence electrons. The summed E-state index contributed by atoms with van der Waals surface area (Å²) in [5.41, 5.74) is 0. The minimum Gasteiger partial charge on any atom is -0.332 e. The molecular weight excluding hydrogens is 286 g/mol. The molecule has 2 aromatic heterocycles. The van der Waals surface area contributed by atoms with Crippen molar-refractivity contribution < 1.29 is 0 Å². The zero-order chi connectivity index (χ0) is 16.2. The van der Waals surface area contributed by atoms with E-state index in [1.807, 2.05) is 29.3 Å². The largest absolute Gasteiger partial charge is 0.332 e. The fraction of sp³-hybridized carbons (Fsp3) is 0.667. The summed E-state index contributed by atoms with van der Waals surface area (Å²) >= 11 is 0. The molecule has 0 bridgehead atoms. The number of nitrogens with zero attached hydrogens (tertiary/aromatic N) is 5. The van der Waals surface area contributed by atoms with Crippen molar-refractivity contribution in [2.75, 3.05) is 13.1 Å². The summed E-state index contributed by atoms with van der Waals surface area (Å²) < 4.78 is 4.40. The van der Waals surface area contributed by atoms with Gasteiger partial charge in [0.2, 0.25) is 0 Å². The van der Waals surface area contributed by atoms with E-state index in [0.29, 0.717) is 18.0 Å². The molecule has 1 fully saturated rings. The standard InChI is InChI=1S/C18H29N5/c1-15(2)21-11-6-17(7-12-21)18-19-9-14-23(18)16(3)5-13-22-10-4-8-20-22/h4,8-10,14-17H,5-7,11-13H2,1-3H3. The maximum absolute atomic E-state index is 4.70. The van der Waals surface area contributed by atoms with Gasteiger partial charge in [-0.15, -0.1) is 0 Å². The Kier molecular flexibility index (Phi) is 5.16. The molecule has 0 spiro atoms. The molecule has 1 aliphatic rings. The summed E-state index contributed by atoms with van der Waals surface area (Å²) in [5, 5.41) is 4.29. The van der Waals surface area contributed by atoms with Crippen molar-refractivity contribution >= 4 is 0 Å². The topological polar surface area (TPSA) is 38.9 Å². The Morgan fingerprint density at radius 3 is 2.57 bits per heavy atom. The Balaban J connectivity index is 1.60. The molecule has 0 radical (unpaired) electrons. The molecule has 3 heterocycles. The Morgan fingerprint density at radius 1 is 1.13 bits per heavy atom. The number of aryl methyl sites for hydroxylation is 1. The third kappa shape index (κ3) is 3.83. The molecule has 2 aromatic rings. The Bertz CT molecular complexity index is 578. The fourth-order valence-electron chi connectivity index (χ4n) is 3.58. The van der Waals surface area contributed by atoms with Crippen LogP contribution in [0.25, 0.3) is 0 Å². The Morgan fingerprint density at radius 2 is 1.91 bits per heavy atom. The number of hydrogen-bond donors (Lipinski definition) is 0. The van der Waals surface area contributed by atoms with Gasteiger partial charge in [-0.05, 0) is 59.2 Å². The highest BCUT2D eigenvalue weighted by molar-refractivity contribution is 5.04. The number of hydrogen-bond acceptors (Lipinski definition) is 3. The smallest absolute Gasteiger partial charge is 0.112 e. The summed E-state index contributed by atoms with van der Waals surface area (Å²) in [4.78, 5) is 7.27. The van der Waals surface area contributed by atoms with Gasteiger partial charge in [-0.3, -0.25) is 4.68 Å². The highest BCUT2D eigenvalue weighted by Gasteiger charge is 2.25. The quantitative estimate of drug-likeness (QED) is 0.821. The molecule has 0 N–H and O–H groups in total. The monoisotopic (exact) mass is 315 g/mol. The predicted octanol–water partition coefficient (Wildman–Crippen LogP) is 3.32. The normalized spacial score (nSPS) is 18.6. The Hall–Kier alpha value is -1.62. The molecule has 0 aromatic carbocycles. The lowest BCUT2D eigenvalue weighted by molar-refractivity contribution is 0.167. The molecule has 3 rings (SSSR count). The molecule has 1 aliphatic heterocycles. The van der Waals surface area contributed by atoms with E-state index in [0.717, 1.165) is 13.0 Å². The van der Waals surface area contributed by atoms with Crippen LogP contribution in [0.5, 0.6) is 0 Å². The second-order valence-corrected chi connectivity index (χ2v) is 7.00. The highest BCUT2D eigenvalue weighted by Crippen LogP contribution is 2.29. The van der Waals surface area contributed by atoms with Gasteiger partial charge < -0.3 is 9.47 Å². The van der Waals surface area contributed by atoms with Crippen molar-refractivity contribution in [2.45, 2.75) is 64.6 Å². The van der Waals surface area contributed by atoms with Gasteiger partial charge in [0.1, 0.15) is 5.82 Å². The first-order chi connectivity index (χ1) is 11.1. The van der Waals surface area contributed by atoms with E-state index in [1.165, 1.54) is 31.8 Å². The van der Waals surface area contributed by atoms with Gasteiger partial charge in [0.15, 0.2) is 0 Å². The van der Waals surface area contributed by atoms with Crippen LogP contribution in [0.1, 0.15) is 57.8 Å². The van der Waals surface area contributed by atoms with Gasteiger partial charge >= 0.3 is 0 Å². The molecular formula is C18H29N5. The molecule has 1 atom stereocenters. The summed E-state index contributed by atoms with van der Waals surface area (Å²) in [7, 11) is 0. The Labute approximate surface area is 139 Å². The van der Waals surface area contributed by atoms with Crippen LogP contribution < -0.4 is 0 Å². The molecule has 1 saturated heterocycles. The molecule has 0 amide bonds. The summed E-state index contributed by atoms with van der Waals surface area (Å²) in [6.07, 6.45) is 11.5. The summed E-state index contributed by atoms with van der Waals surface area (Å²) in [6, 6.07) is 3.10. The molecule has 23 heavy (non-hydrogen) atoms. The van der Waals surface area contributed by atoms with E-state index in [1.54, 1.807) is 0 Å². The van der Waals surface area contributed by atoms with E-state index in [9.17, 15) is 0 Å². The van der Waals surface area contributed by atoms with Crippen molar-refractivity contribution in [1.29, 1.82) is 0 Å². The van der Waals surface area contributed by atoms with Crippen LogP contribution in [-0.4, -0.2) is 43.4 Å². The van der Waals surface area contributed by atoms with Crippen LogP contribution in [0.2, 0.25) is 0 Å². The van der Waals surface area contributed by atoms with E-state index in [2.05, 4.69) is 41.5 Å². The van der Waals surface area contributed by atoms with Crippen LogP contribution in [0, 0.1) is 0 Å². The minimum absolute atomic E-state index is 0.458. The van der Waals surface area contributed by atoms with Crippen molar-refractivity contribution in [3.63, 3.8) is 0 Å². The van der Waals surface area contributed by atoms with Crippen LogP contribution in [-0.2, 0) is 6.54 Å². The SMILES string of the molecule is CC(C)N1CCC(c2nccn2C(C)CCn2cccn2)CC1. The second kappa shape index (κ2) is 7.30. The predicted molar refractivity (Wildman–Crippen MR) is 92.5 cm³/mol. The van der Waals surface area contributed by atoms with Crippen molar-refractivity contribution in [2.24, 2.45) is 0 Å². The molecule has 5 nitrogen and oxygen atoms in total. The van der Waals surface area contributed by atoms with Gasteiger partial charge in [-0.2, -0.15) is 5.10 Å². The summed E-state index contributed by atoms with van der Waals surface area (Å²) in [6.45, 7) is 10.2. The van der Waals surface area contributed by atoms with E-state index >= 15 is 0 Å². The maximum atomic E-state index is 4.70. The minimum atomic E-state index is 0.458. The van der Waals surface area contributed by atoms with Crippen LogP contribution in [0.3, 0.4) is 0 Å². The molecule has 0 saturated carbocycles. The lowest BCUT2D eigenvalue weighted by atomic mass is 9.95. The number of likely N-dealkylation sites (tertiary alicyclic amines) is 1. The first kappa shape index (κ1) is 16.2. The van der Waals surface area contributed by atoms with Gasteiger partial charge in [0.25, 0.3) is 0 Å². The zero-order valence-electron chi connectivity index (χ0n) is 14.6. The van der Waals surface area contributed by atoms with E-state index in [-0.39, 0.29) is 0 Å². The van der Waals surface area contributed by atoms with Gasteiger partial charge in [-0.25, -0.2) is 4.98 Å². The number of piperidine rings is 1. The lowest BCUT2D eigenvalue weighted by Crippen LogP contribution is -2.38. The highest BCUT2D eigenvalue weighted by atomic mass is 15.3. The van der Waals surface area contributed by atoms with Crippen molar-refractivity contribution in [1.82, 2.24) is 24.2 Å². The van der Waals surface area contributed by atoms with Gasteiger partial charge in [0, 0.05) is 49.3 Å². The van der Waals surface area contributed by atoms with Gasteiger partial charge in [-0.1, -0.05) is 0 Å². The lowest BCUT2D eigenvalue weighted by Gasteiger charge is -2.34. The second-order valence-electron chi connectivity index (χ2n) is 7.00. The third-order valence-electron chi connectivity index (χ3n) is 5.13. The van der Waals surface area contributed by atoms with Crippen LogP contribution in [0.4, 0.5) is 0 Å².